The van der Waals surface area contributed by atoms with Crippen LogP contribution in [0, 0.1) is 10.1 Å². The van der Waals surface area contributed by atoms with E-state index in [0.717, 1.165) is 0 Å². The second-order valence-corrected chi connectivity index (χ2v) is 5.67. The molecule has 0 fully saturated rings. The van der Waals surface area contributed by atoms with Gasteiger partial charge in [0.25, 0.3) is 11.6 Å². The molecule has 132 valence electrons. The highest BCUT2D eigenvalue weighted by molar-refractivity contribution is 6.33. The van der Waals surface area contributed by atoms with Gasteiger partial charge in [0.15, 0.2) is 5.75 Å². The SMILES string of the molecule is COCCOc1c(Cl)cccc1NC(=O)c1cc(Cl)ccc1[N+](=O)[O-]. The van der Waals surface area contributed by atoms with Crippen LogP contribution in [0.2, 0.25) is 10.0 Å². The Balaban J connectivity index is 2.31. The lowest BCUT2D eigenvalue weighted by molar-refractivity contribution is -0.385. The number of anilines is 1. The summed E-state index contributed by atoms with van der Waals surface area (Å²) in [5, 5.41) is 14.2. The van der Waals surface area contributed by atoms with Gasteiger partial charge in [-0.1, -0.05) is 29.3 Å². The van der Waals surface area contributed by atoms with E-state index in [1.54, 1.807) is 18.2 Å². The van der Waals surface area contributed by atoms with E-state index in [1.807, 2.05) is 0 Å². The van der Waals surface area contributed by atoms with Crippen LogP contribution in [0.15, 0.2) is 36.4 Å². The van der Waals surface area contributed by atoms with Gasteiger partial charge in [0.2, 0.25) is 0 Å². The Morgan fingerprint density at radius 2 is 2.00 bits per heavy atom. The van der Waals surface area contributed by atoms with Crippen molar-refractivity contribution < 1.29 is 19.2 Å². The number of amides is 1. The van der Waals surface area contributed by atoms with Gasteiger partial charge in [-0.05, 0) is 24.3 Å². The normalized spacial score (nSPS) is 10.4. The van der Waals surface area contributed by atoms with E-state index >= 15 is 0 Å². The maximum Gasteiger partial charge on any atom is 0.282 e. The summed E-state index contributed by atoms with van der Waals surface area (Å²) in [5.74, 6) is -0.452. The molecule has 2 rings (SSSR count). The molecule has 0 heterocycles. The summed E-state index contributed by atoms with van der Waals surface area (Å²) in [6.07, 6.45) is 0. The van der Waals surface area contributed by atoms with E-state index in [9.17, 15) is 14.9 Å². The first-order valence-electron chi connectivity index (χ1n) is 7.09. The van der Waals surface area contributed by atoms with Crippen molar-refractivity contribution in [3.63, 3.8) is 0 Å². The molecular formula is C16H14Cl2N2O5. The van der Waals surface area contributed by atoms with Crippen LogP contribution in [0.4, 0.5) is 11.4 Å². The van der Waals surface area contributed by atoms with Gasteiger partial charge in [0.1, 0.15) is 12.2 Å². The standard InChI is InChI=1S/C16H14Cl2N2O5/c1-24-7-8-25-15-12(18)3-2-4-13(15)19-16(21)11-9-10(17)5-6-14(11)20(22)23/h2-6,9H,7-8H2,1H3,(H,19,21). The lowest BCUT2D eigenvalue weighted by Crippen LogP contribution is -2.15. The molecule has 0 aliphatic carbocycles. The maximum absolute atomic E-state index is 12.5. The molecule has 0 spiro atoms. The Bertz CT molecular complexity index is 798. The predicted octanol–water partition coefficient (Wildman–Crippen LogP) is 4.18. The monoisotopic (exact) mass is 384 g/mol. The Morgan fingerprint density at radius 1 is 1.24 bits per heavy atom. The first-order chi connectivity index (χ1) is 11.9. The van der Waals surface area contributed by atoms with Crippen molar-refractivity contribution in [3.8, 4) is 5.75 Å². The number of nitro groups is 1. The first kappa shape index (κ1) is 19.0. The number of carbonyl (C=O) groups is 1. The second kappa shape index (κ2) is 8.66. The van der Waals surface area contributed by atoms with Crippen molar-refractivity contribution >= 4 is 40.5 Å². The van der Waals surface area contributed by atoms with Crippen molar-refractivity contribution in [1.82, 2.24) is 0 Å². The number of nitrogens with one attached hydrogen (secondary N) is 1. The molecular weight excluding hydrogens is 371 g/mol. The van der Waals surface area contributed by atoms with Gasteiger partial charge >= 0.3 is 0 Å². The molecule has 0 radical (unpaired) electrons. The molecule has 1 amide bonds. The first-order valence-corrected chi connectivity index (χ1v) is 7.85. The number of rotatable bonds is 7. The van der Waals surface area contributed by atoms with Gasteiger partial charge in [-0.15, -0.1) is 0 Å². The quantitative estimate of drug-likeness (QED) is 0.439. The van der Waals surface area contributed by atoms with Crippen molar-refractivity contribution in [2.45, 2.75) is 0 Å². The summed E-state index contributed by atoms with van der Waals surface area (Å²) in [5.41, 5.74) is -0.242. The molecule has 25 heavy (non-hydrogen) atoms. The minimum atomic E-state index is -0.701. The predicted molar refractivity (Wildman–Crippen MR) is 94.9 cm³/mol. The van der Waals surface area contributed by atoms with Crippen LogP contribution < -0.4 is 10.1 Å². The fourth-order valence-corrected chi connectivity index (χ4v) is 2.42. The number of benzene rings is 2. The number of halogens is 2. The minimum absolute atomic E-state index is 0.166. The number of para-hydroxylation sites is 1. The Labute approximate surface area is 153 Å². The third-order valence-corrected chi connectivity index (χ3v) is 3.68. The average molecular weight is 385 g/mol. The molecule has 0 bridgehead atoms. The van der Waals surface area contributed by atoms with Gasteiger partial charge in [-0.3, -0.25) is 14.9 Å². The summed E-state index contributed by atoms with van der Waals surface area (Å²) < 4.78 is 10.4. The highest BCUT2D eigenvalue weighted by Gasteiger charge is 2.22. The van der Waals surface area contributed by atoms with Gasteiger partial charge in [-0.25, -0.2) is 0 Å². The van der Waals surface area contributed by atoms with Crippen molar-refractivity contribution in [2.75, 3.05) is 25.6 Å². The fraction of sp³-hybridized carbons (Fsp3) is 0.188. The molecule has 1 N–H and O–H groups in total. The van der Waals surface area contributed by atoms with Gasteiger partial charge in [-0.2, -0.15) is 0 Å². The molecule has 0 aliphatic heterocycles. The Morgan fingerprint density at radius 3 is 2.68 bits per heavy atom. The third kappa shape index (κ3) is 4.82. The second-order valence-electron chi connectivity index (χ2n) is 4.83. The summed E-state index contributed by atoms with van der Waals surface area (Å²) in [6, 6.07) is 8.53. The lowest BCUT2D eigenvalue weighted by atomic mass is 10.1. The van der Waals surface area contributed by atoms with Gasteiger partial charge in [0, 0.05) is 18.2 Å². The number of ether oxygens (including phenoxy) is 2. The Kier molecular flexibility index (Phi) is 6.58. The van der Waals surface area contributed by atoms with E-state index in [-0.39, 0.29) is 39.3 Å². The number of hydrogen-bond acceptors (Lipinski definition) is 5. The number of nitro benzene ring substituents is 1. The average Bonchev–Trinajstić information content (AvgIpc) is 2.57. The highest BCUT2D eigenvalue weighted by atomic mass is 35.5. The summed E-state index contributed by atoms with van der Waals surface area (Å²) in [6.45, 7) is 0.554. The molecule has 0 saturated carbocycles. The molecule has 0 aromatic heterocycles. The Hall–Kier alpha value is -2.35. The summed E-state index contributed by atoms with van der Waals surface area (Å²) in [4.78, 5) is 22.9. The molecule has 0 aliphatic rings. The number of methoxy groups -OCH3 is 1. The zero-order valence-electron chi connectivity index (χ0n) is 13.1. The van der Waals surface area contributed by atoms with Crippen LogP contribution in [-0.4, -0.2) is 31.2 Å². The van der Waals surface area contributed by atoms with Crippen LogP contribution in [0.3, 0.4) is 0 Å². The van der Waals surface area contributed by atoms with Crippen LogP contribution >= 0.6 is 23.2 Å². The van der Waals surface area contributed by atoms with Crippen molar-refractivity contribution in [1.29, 1.82) is 0 Å². The maximum atomic E-state index is 12.5. The molecule has 9 heteroatoms. The molecule has 0 unspecified atom stereocenters. The number of hydrogen-bond donors (Lipinski definition) is 1. The fourth-order valence-electron chi connectivity index (χ4n) is 2.02. The third-order valence-electron chi connectivity index (χ3n) is 3.15. The minimum Gasteiger partial charge on any atom is -0.487 e. The van der Waals surface area contributed by atoms with E-state index < -0.39 is 10.8 Å². The summed E-state index contributed by atoms with van der Waals surface area (Å²) >= 11 is 11.9. The van der Waals surface area contributed by atoms with E-state index in [1.165, 1.54) is 25.3 Å². The smallest absolute Gasteiger partial charge is 0.282 e. The van der Waals surface area contributed by atoms with E-state index in [4.69, 9.17) is 32.7 Å². The topological polar surface area (TPSA) is 90.7 Å². The van der Waals surface area contributed by atoms with E-state index in [2.05, 4.69) is 5.32 Å². The van der Waals surface area contributed by atoms with Crippen molar-refractivity contribution in [2.24, 2.45) is 0 Å². The van der Waals surface area contributed by atoms with Crippen LogP contribution in [0.5, 0.6) is 5.75 Å². The zero-order chi connectivity index (χ0) is 18.4. The number of nitrogens with zero attached hydrogens (tertiary/aromatic N) is 1. The van der Waals surface area contributed by atoms with E-state index in [0.29, 0.717) is 6.61 Å². The molecule has 0 atom stereocenters. The largest absolute Gasteiger partial charge is 0.487 e. The highest BCUT2D eigenvalue weighted by Crippen LogP contribution is 2.34. The van der Waals surface area contributed by atoms with Crippen molar-refractivity contribution in [3.05, 3.63) is 62.1 Å². The molecule has 2 aromatic rings. The summed E-state index contributed by atoms with van der Waals surface area (Å²) in [7, 11) is 1.52. The van der Waals surface area contributed by atoms with Crippen LogP contribution in [0.1, 0.15) is 10.4 Å². The zero-order valence-corrected chi connectivity index (χ0v) is 14.6. The molecule has 7 nitrogen and oxygen atoms in total. The van der Waals surface area contributed by atoms with Crippen LogP contribution in [0.25, 0.3) is 0 Å². The van der Waals surface area contributed by atoms with Gasteiger partial charge in [0.05, 0.1) is 22.2 Å². The van der Waals surface area contributed by atoms with Crippen LogP contribution in [-0.2, 0) is 4.74 Å². The lowest BCUT2D eigenvalue weighted by Gasteiger charge is -2.14. The van der Waals surface area contributed by atoms with Gasteiger partial charge < -0.3 is 14.8 Å². The number of carbonyl (C=O) groups excluding carboxylic acids is 1. The molecule has 2 aromatic carbocycles. The molecule has 0 saturated heterocycles.